The van der Waals surface area contributed by atoms with E-state index in [-0.39, 0.29) is 11.3 Å². The van der Waals surface area contributed by atoms with Crippen molar-refractivity contribution in [2.24, 2.45) is 0 Å². The molecule has 0 fully saturated rings. The van der Waals surface area contributed by atoms with Crippen LogP contribution in [-0.4, -0.2) is 24.5 Å². The van der Waals surface area contributed by atoms with Crippen LogP contribution < -0.4 is 11.1 Å². The molecule has 1 rings (SSSR count). The topological polar surface area (TPSA) is 81.4 Å². The largest absolute Gasteiger partial charge is 0.449 e. The van der Waals surface area contributed by atoms with E-state index in [0.29, 0.717) is 6.54 Å². The second kappa shape index (κ2) is 6.72. The highest BCUT2D eigenvalue weighted by Crippen LogP contribution is 2.13. The van der Waals surface area contributed by atoms with Gasteiger partial charge in [0.25, 0.3) is 5.91 Å². The van der Waals surface area contributed by atoms with Crippen LogP contribution in [0.15, 0.2) is 18.2 Å². The number of halogens is 1. The molecule has 0 saturated heterocycles. The Hall–Kier alpha value is -2.11. The number of amides is 1. The number of rotatable bonds is 5. The van der Waals surface area contributed by atoms with E-state index in [1.165, 1.54) is 19.1 Å². The standard InChI is InChI=1S/C13H17FN2O3/c1-3-6-16-12(17)8(2)19-13(18)10-5-4-9(15)7-11(10)14/h4-5,7-8H,3,6,15H2,1-2H3,(H,16,17). The minimum atomic E-state index is -0.976. The lowest BCUT2D eigenvalue weighted by Gasteiger charge is -2.13. The maximum absolute atomic E-state index is 13.5. The van der Waals surface area contributed by atoms with Gasteiger partial charge in [0.05, 0.1) is 5.56 Å². The highest BCUT2D eigenvalue weighted by molar-refractivity contribution is 5.92. The molecular formula is C13H17FN2O3. The number of nitrogens with one attached hydrogen (secondary N) is 1. The van der Waals surface area contributed by atoms with Crippen LogP contribution in [0.5, 0.6) is 0 Å². The van der Waals surface area contributed by atoms with Gasteiger partial charge < -0.3 is 15.8 Å². The van der Waals surface area contributed by atoms with E-state index in [2.05, 4.69) is 5.32 Å². The number of anilines is 1. The molecule has 0 aliphatic rings. The van der Waals surface area contributed by atoms with Crippen LogP contribution in [0.25, 0.3) is 0 Å². The summed E-state index contributed by atoms with van der Waals surface area (Å²) < 4.78 is 18.4. The summed E-state index contributed by atoms with van der Waals surface area (Å²) in [5.74, 6) is -2.08. The van der Waals surface area contributed by atoms with Crippen molar-refractivity contribution in [2.45, 2.75) is 26.4 Å². The molecule has 0 radical (unpaired) electrons. The Morgan fingerprint density at radius 2 is 2.16 bits per heavy atom. The predicted molar refractivity (Wildman–Crippen MR) is 69.0 cm³/mol. The molecule has 1 unspecified atom stereocenters. The summed E-state index contributed by atoms with van der Waals surface area (Å²) in [7, 11) is 0. The molecule has 0 saturated carbocycles. The van der Waals surface area contributed by atoms with Gasteiger partial charge in [-0.15, -0.1) is 0 Å². The van der Waals surface area contributed by atoms with Gasteiger partial charge >= 0.3 is 5.97 Å². The molecule has 0 aliphatic carbocycles. The van der Waals surface area contributed by atoms with Crippen LogP contribution in [0, 0.1) is 5.82 Å². The van der Waals surface area contributed by atoms with Crippen LogP contribution >= 0.6 is 0 Å². The third kappa shape index (κ3) is 4.24. The van der Waals surface area contributed by atoms with E-state index in [1.54, 1.807) is 0 Å². The molecule has 0 heterocycles. The third-order valence-corrected chi connectivity index (χ3v) is 2.42. The average molecular weight is 268 g/mol. The van der Waals surface area contributed by atoms with E-state index < -0.39 is 23.8 Å². The molecule has 5 nitrogen and oxygen atoms in total. The normalized spacial score (nSPS) is 11.7. The van der Waals surface area contributed by atoms with Crippen molar-refractivity contribution in [3.63, 3.8) is 0 Å². The van der Waals surface area contributed by atoms with Crippen molar-refractivity contribution in [3.8, 4) is 0 Å². The second-order valence-corrected chi connectivity index (χ2v) is 4.08. The highest BCUT2D eigenvalue weighted by Gasteiger charge is 2.20. The van der Waals surface area contributed by atoms with Crippen molar-refractivity contribution in [1.29, 1.82) is 0 Å². The molecule has 19 heavy (non-hydrogen) atoms. The average Bonchev–Trinajstić information content (AvgIpc) is 2.35. The quantitative estimate of drug-likeness (QED) is 0.626. The fraction of sp³-hybridized carbons (Fsp3) is 0.385. The fourth-order valence-electron chi connectivity index (χ4n) is 1.37. The molecule has 1 atom stereocenters. The number of benzene rings is 1. The predicted octanol–water partition coefficient (Wildman–Crippen LogP) is 1.48. The van der Waals surface area contributed by atoms with Gasteiger partial charge in [0.1, 0.15) is 5.82 Å². The number of carbonyl (C=O) groups excluding carboxylic acids is 2. The van der Waals surface area contributed by atoms with E-state index in [4.69, 9.17) is 10.5 Å². The summed E-state index contributed by atoms with van der Waals surface area (Å²) in [4.78, 5) is 23.2. The smallest absolute Gasteiger partial charge is 0.341 e. The van der Waals surface area contributed by atoms with Crippen LogP contribution in [0.2, 0.25) is 0 Å². The van der Waals surface area contributed by atoms with Gasteiger partial charge in [0.2, 0.25) is 0 Å². The molecule has 1 aromatic rings. The summed E-state index contributed by atoms with van der Waals surface area (Å²) >= 11 is 0. The lowest BCUT2D eigenvalue weighted by Crippen LogP contribution is -2.36. The molecule has 1 aromatic carbocycles. The summed E-state index contributed by atoms with van der Waals surface area (Å²) in [6.45, 7) is 3.83. The zero-order chi connectivity index (χ0) is 14.4. The van der Waals surface area contributed by atoms with E-state index in [0.717, 1.165) is 12.5 Å². The summed E-state index contributed by atoms with van der Waals surface area (Å²) in [6, 6.07) is 3.64. The van der Waals surface area contributed by atoms with Gasteiger partial charge in [-0.1, -0.05) is 6.92 Å². The van der Waals surface area contributed by atoms with Crippen molar-refractivity contribution < 1.29 is 18.7 Å². The Bertz CT molecular complexity index is 477. The number of nitrogens with two attached hydrogens (primary N) is 1. The number of carbonyl (C=O) groups is 2. The van der Waals surface area contributed by atoms with Crippen LogP contribution in [0.4, 0.5) is 10.1 Å². The van der Waals surface area contributed by atoms with Crippen LogP contribution in [-0.2, 0) is 9.53 Å². The SMILES string of the molecule is CCCNC(=O)C(C)OC(=O)c1ccc(N)cc1F. The number of hydrogen-bond acceptors (Lipinski definition) is 4. The molecule has 104 valence electrons. The van der Waals surface area contributed by atoms with Gasteiger partial charge in [-0.05, 0) is 31.5 Å². The molecule has 0 spiro atoms. The Kier molecular flexibility index (Phi) is 5.29. The van der Waals surface area contributed by atoms with Crippen molar-refractivity contribution in [1.82, 2.24) is 5.32 Å². The Balaban J connectivity index is 2.66. The van der Waals surface area contributed by atoms with E-state index >= 15 is 0 Å². The van der Waals surface area contributed by atoms with Gasteiger partial charge in [0, 0.05) is 12.2 Å². The molecule has 0 bridgehead atoms. The van der Waals surface area contributed by atoms with Crippen molar-refractivity contribution in [3.05, 3.63) is 29.6 Å². The first kappa shape index (κ1) is 14.9. The zero-order valence-corrected chi connectivity index (χ0v) is 10.9. The number of esters is 1. The summed E-state index contributed by atoms with van der Waals surface area (Å²) in [5, 5.41) is 2.58. The summed E-state index contributed by atoms with van der Waals surface area (Å²) in [6.07, 6.45) is -0.199. The minimum Gasteiger partial charge on any atom is -0.449 e. The lowest BCUT2D eigenvalue weighted by molar-refractivity contribution is -0.129. The van der Waals surface area contributed by atoms with Crippen LogP contribution in [0.1, 0.15) is 30.6 Å². The fourth-order valence-corrected chi connectivity index (χ4v) is 1.37. The highest BCUT2D eigenvalue weighted by atomic mass is 19.1. The van der Waals surface area contributed by atoms with E-state index in [1.807, 2.05) is 6.92 Å². The van der Waals surface area contributed by atoms with Gasteiger partial charge in [-0.2, -0.15) is 0 Å². The maximum Gasteiger partial charge on any atom is 0.341 e. The number of nitrogen functional groups attached to an aromatic ring is 1. The van der Waals surface area contributed by atoms with Gasteiger partial charge in [-0.3, -0.25) is 4.79 Å². The molecule has 6 heteroatoms. The van der Waals surface area contributed by atoms with Crippen molar-refractivity contribution >= 4 is 17.6 Å². The first-order valence-electron chi connectivity index (χ1n) is 5.99. The van der Waals surface area contributed by atoms with E-state index in [9.17, 15) is 14.0 Å². The number of ether oxygens (including phenoxy) is 1. The first-order valence-corrected chi connectivity index (χ1v) is 5.99. The molecule has 0 aromatic heterocycles. The van der Waals surface area contributed by atoms with Gasteiger partial charge in [-0.25, -0.2) is 9.18 Å². The van der Waals surface area contributed by atoms with Crippen LogP contribution in [0.3, 0.4) is 0 Å². The first-order chi connectivity index (χ1) is 8.95. The van der Waals surface area contributed by atoms with Gasteiger partial charge in [0.15, 0.2) is 6.10 Å². The third-order valence-electron chi connectivity index (χ3n) is 2.42. The maximum atomic E-state index is 13.5. The molecule has 0 aliphatic heterocycles. The molecular weight excluding hydrogens is 251 g/mol. The minimum absolute atomic E-state index is 0.211. The van der Waals surface area contributed by atoms with Crippen molar-refractivity contribution in [2.75, 3.05) is 12.3 Å². The Morgan fingerprint density at radius 1 is 1.47 bits per heavy atom. The molecule has 3 N–H and O–H groups in total. The Labute approximate surface area is 110 Å². The zero-order valence-electron chi connectivity index (χ0n) is 10.9. The summed E-state index contributed by atoms with van der Waals surface area (Å²) in [5.41, 5.74) is 5.34. The lowest BCUT2D eigenvalue weighted by atomic mass is 10.2. The second-order valence-electron chi connectivity index (χ2n) is 4.08. The number of hydrogen-bond donors (Lipinski definition) is 2. The monoisotopic (exact) mass is 268 g/mol. The molecule has 1 amide bonds. The Morgan fingerprint density at radius 3 is 2.74 bits per heavy atom.